The average Bonchev–Trinajstić information content (AvgIpc) is 2.65. The number of carbonyl (C=O) groups excluding carboxylic acids is 1. The van der Waals surface area contributed by atoms with Crippen LogP contribution < -0.4 is 4.74 Å². The van der Waals surface area contributed by atoms with Crippen LogP contribution in [0.15, 0.2) is 54.6 Å². The van der Waals surface area contributed by atoms with Crippen molar-refractivity contribution in [2.45, 2.75) is 84.0 Å². The van der Waals surface area contributed by atoms with E-state index in [-0.39, 0.29) is 5.97 Å². The van der Waals surface area contributed by atoms with E-state index in [1.807, 2.05) is 30.3 Å². The van der Waals surface area contributed by atoms with E-state index in [0.29, 0.717) is 12.2 Å². The van der Waals surface area contributed by atoms with Crippen molar-refractivity contribution in [2.24, 2.45) is 0 Å². The highest BCUT2D eigenvalue weighted by Crippen LogP contribution is 2.12. The lowest BCUT2D eigenvalue weighted by Crippen LogP contribution is -2.07. The highest BCUT2D eigenvalue weighted by molar-refractivity contribution is 5.72. The van der Waals surface area contributed by atoms with Crippen LogP contribution in [0.25, 0.3) is 0 Å². The molecule has 0 aliphatic rings. The summed E-state index contributed by atoms with van der Waals surface area (Å²) in [5, 5.41) is 0. The Morgan fingerprint density at radius 1 is 0.808 bits per heavy atom. The molecule has 0 saturated carbocycles. The Bertz CT molecular complexity index is 502. The molecule has 1 aromatic rings. The summed E-state index contributed by atoms with van der Waals surface area (Å²) < 4.78 is 5.28. The van der Waals surface area contributed by atoms with Gasteiger partial charge in [0.05, 0.1) is 0 Å². The van der Waals surface area contributed by atoms with Crippen LogP contribution >= 0.6 is 0 Å². The summed E-state index contributed by atoms with van der Waals surface area (Å²) in [6.45, 7) is 2.24. The van der Waals surface area contributed by atoms with Crippen LogP contribution in [-0.4, -0.2) is 5.97 Å². The molecule has 1 aromatic carbocycles. The second-order valence-electron chi connectivity index (χ2n) is 6.77. The Morgan fingerprint density at radius 2 is 1.42 bits per heavy atom. The third kappa shape index (κ3) is 13.5. The van der Waals surface area contributed by atoms with Crippen LogP contribution in [0.1, 0.15) is 84.0 Å². The lowest BCUT2D eigenvalue weighted by Gasteiger charge is -2.04. The molecule has 144 valence electrons. The molecule has 0 bridgehead atoms. The second kappa shape index (κ2) is 16.6. The first kappa shape index (κ1) is 22.2. The fraction of sp³-hybridized carbons (Fsp3) is 0.542. The summed E-state index contributed by atoms with van der Waals surface area (Å²) in [6.07, 6.45) is 22.8. The van der Waals surface area contributed by atoms with E-state index < -0.39 is 0 Å². The third-order valence-electron chi connectivity index (χ3n) is 4.31. The normalized spacial score (nSPS) is 11.4. The van der Waals surface area contributed by atoms with Gasteiger partial charge in [-0.3, -0.25) is 4.79 Å². The molecule has 1 rings (SSSR count). The summed E-state index contributed by atoms with van der Waals surface area (Å²) in [7, 11) is 0. The summed E-state index contributed by atoms with van der Waals surface area (Å²) in [5.74, 6) is 0.516. The number of unbranched alkanes of at least 4 members (excludes halogenated alkanes) is 8. The number of carbonyl (C=O) groups is 1. The van der Waals surface area contributed by atoms with E-state index in [9.17, 15) is 4.79 Å². The number of benzene rings is 1. The van der Waals surface area contributed by atoms with Gasteiger partial charge < -0.3 is 4.74 Å². The van der Waals surface area contributed by atoms with Gasteiger partial charge in [-0.25, -0.2) is 0 Å². The van der Waals surface area contributed by atoms with Crippen molar-refractivity contribution >= 4 is 5.97 Å². The number of allylic oxidation sites excluding steroid dienone is 4. The Balaban J connectivity index is 1.87. The number of para-hydroxylation sites is 1. The van der Waals surface area contributed by atoms with Gasteiger partial charge in [-0.2, -0.15) is 0 Å². The standard InChI is InChI=1S/C24H36O2/c1-2-3-4-5-6-7-8-9-10-11-12-13-14-15-19-22-24(25)26-23-20-17-16-18-21-23/h6-7,9-10,16-18,20-21H,2-5,8,11-15,19,22H2,1H3/b7-6-,10-9-. The molecule has 0 heterocycles. The molecule has 0 radical (unpaired) electrons. The van der Waals surface area contributed by atoms with Crippen molar-refractivity contribution in [1.29, 1.82) is 0 Å². The van der Waals surface area contributed by atoms with Gasteiger partial charge in [0.1, 0.15) is 5.75 Å². The SMILES string of the molecule is CCCCC/C=C\C/C=C\CCCCCCCC(=O)Oc1ccccc1. The quantitative estimate of drug-likeness (QED) is 0.142. The maximum absolute atomic E-state index is 11.7. The number of rotatable bonds is 15. The van der Waals surface area contributed by atoms with Gasteiger partial charge in [0.2, 0.25) is 0 Å². The molecule has 26 heavy (non-hydrogen) atoms. The molecular weight excluding hydrogens is 320 g/mol. The van der Waals surface area contributed by atoms with Crippen LogP contribution in [0.3, 0.4) is 0 Å². The van der Waals surface area contributed by atoms with E-state index in [4.69, 9.17) is 4.74 Å². The molecular formula is C24H36O2. The van der Waals surface area contributed by atoms with Crippen LogP contribution in [0.4, 0.5) is 0 Å². The number of hydrogen-bond donors (Lipinski definition) is 0. The predicted octanol–water partition coefficient (Wildman–Crippen LogP) is 7.41. The van der Waals surface area contributed by atoms with Gasteiger partial charge in [0, 0.05) is 6.42 Å². The molecule has 0 atom stereocenters. The molecule has 2 nitrogen and oxygen atoms in total. The minimum absolute atomic E-state index is 0.123. The highest BCUT2D eigenvalue weighted by atomic mass is 16.5. The van der Waals surface area contributed by atoms with Crippen LogP contribution in [-0.2, 0) is 4.79 Å². The first-order valence-electron chi connectivity index (χ1n) is 10.4. The molecule has 0 amide bonds. The van der Waals surface area contributed by atoms with Crippen LogP contribution in [0, 0.1) is 0 Å². The minimum Gasteiger partial charge on any atom is -0.427 e. The molecule has 2 heteroatoms. The molecule has 0 unspecified atom stereocenters. The van der Waals surface area contributed by atoms with Crippen molar-refractivity contribution in [3.63, 3.8) is 0 Å². The zero-order valence-electron chi connectivity index (χ0n) is 16.5. The Hall–Kier alpha value is -1.83. The Kier molecular flexibility index (Phi) is 14.2. The molecule has 0 saturated heterocycles. The maximum atomic E-state index is 11.7. The fourth-order valence-corrected chi connectivity index (χ4v) is 2.75. The first-order valence-corrected chi connectivity index (χ1v) is 10.4. The van der Waals surface area contributed by atoms with Crippen molar-refractivity contribution < 1.29 is 9.53 Å². The Labute approximate surface area is 160 Å². The van der Waals surface area contributed by atoms with Gasteiger partial charge >= 0.3 is 5.97 Å². The zero-order valence-corrected chi connectivity index (χ0v) is 16.5. The monoisotopic (exact) mass is 356 g/mol. The lowest BCUT2D eigenvalue weighted by atomic mass is 10.1. The van der Waals surface area contributed by atoms with E-state index in [0.717, 1.165) is 19.3 Å². The topological polar surface area (TPSA) is 26.3 Å². The van der Waals surface area contributed by atoms with Crippen LogP contribution in [0.5, 0.6) is 5.75 Å². The van der Waals surface area contributed by atoms with Crippen molar-refractivity contribution in [3.05, 3.63) is 54.6 Å². The Morgan fingerprint density at radius 3 is 2.12 bits per heavy atom. The molecule has 0 aromatic heterocycles. The molecule has 0 spiro atoms. The number of esters is 1. The summed E-state index contributed by atoms with van der Waals surface area (Å²) in [6, 6.07) is 9.29. The predicted molar refractivity (Wildman–Crippen MR) is 111 cm³/mol. The van der Waals surface area contributed by atoms with Gasteiger partial charge in [0.25, 0.3) is 0 Å². The zero-order chi connectivity index (χ0) is 18.7. The maximum Gasteiger partial charge on any atom is 0.311 e. The van der Waals surface area contributed by atoms with Crippen molar-refractivity contribution in [2.75, 3.05) is 0 Å². The third-order valence-corrected chi connectivity index (χ3v) is 4.31. The second-order valence-corrected chi connectivity index (χ2v) is 6.77. The van der Waals surface area contributed by atoms with Gasteiger partial charge in [-0.15, -0.1) is 0 Å². The summed E-state index contributed by atoms with van der Waals surface area (Å²) in [5.41, 5.74) is 0. The van der Waals surface area contributed by atoms with E-state index in [1.54, 1.807) is 0 Å². The van der Waals surface area contributed by atoms with Crippen molar-refractivity contribution in [1.82, 2.24) is 0 Å². The smallest absolute Gasteiger partial charge is 0.311 e. The minimum atomic E-state index is -0.123. The molecule has 0 aliphatic carbocycles. The summed E-state index contributed by atoms with van der Waals surface area (Å²) >= 11 is 0. The molecule has 0 fully saturated rings. The van der Waals surface area contributed by atoms with E-state index in [1.165, 1.54) is 51.4 Å². The molecule has 0 N–H and O–H groups in total. The van der Waals surface area contributed by atoms with Gasteiger partial charge in [0.15, 0.2) is 0 Å². The largest absolute Gasteiger partial charge is 0.427 e. The summed E-state index contributed by atoms with van der Waals surface area (Å²) in [4.78, 5) is 11.7. The first-order chi connectivity index (χ1) is 12.8. The fourth-order valence-electron chi connectivity index (χ4n) is 2.75. The number of hydrogen-bond acceptors (Lipinski definition) is 2. The van der Waals surface area contributed by atoms with E-state index >= 15 is 0 Å². The highest BCUT2D eigenvalue weighted by Gasteiger charge is 2.03. The van der Waals surface area contributed by atoms with Crippen molar-refractivity contribution in [3.8, 4) is 5.75 Å². The van der Waals surface area contributed by atoms with E-state index in [2.05, 4.69) is 31.2 Å². The number of ether oxygens (including phenoxy) is 1. The van der Waals surface area contributed by atoms with Crippen LogP contribution in [0.2, 0.25) is 0 Å². The van der Waals surface area contributed by atoms with Gasteiger partial charge in [-0.1, -0.05) is 81.5 Å². The average molecular weight is 357 g/mol. The van der Waals surface area contributed by atoms with Gasteiger partial charge in [-0.05, 0) is 50.7 Å². The lowest BCUT2D eigenvalue weighted by molar-refractivity contribution is -0.134. The molecule has 0 aliphatic heterocycles.